The lowest BCUT2D eigenvalue weighted by molar-refractivity contribution is 0.414. The van der Waals surface area contributed by atoms with Crippen molar-refractivity contribution in [1.29, 1.82) is 0 Å². The largest absolute Gasteiger partial charge is 0.497 e. The van der Waals surface area contributed by atoms with Crippen molar-refractivity contribution in [3.05, 3.63) is 72.4 Å². The van der Waals surface area contributed by atoms with Crippen LogP contribution in [0, 0.1) is 5.92 Å². The Labute approximate surface area is 172 Å². The predicted octanol–water partition coefficient (Wildman–Crippen LogP) is 3.99. The monoisotopic (exact) mass is 410 g/mol. The summed E-state index contributed by atoms with van der Waals surface area (Å²) in [6.07, 6.45) is 9.32. The molecule has 1 aromatic heterocycles. The minimum absolute atomic E-state index is 0.248. The van der Waals surface area contributed by atoms with Gasteiger partial charge in [0.05, 0.1) is 17.5 Å². The van der Waals surface area contributed by atoms with Crippen molar-refractivity contribution in [3.8, 4) is 5.75 Å². The molecule has 0 amide bonds. The fourth-order valence-corrected chi connectivity index (χ4v) is 5.24. The first-order chi connectivity index (χ1) is 14.1. The van der Waals surface area contributed by atoms with E-state index < -0.39 is 10.0 Å². The molecular weight excluding hydrogens is 384 g/mol. The molecule has 0 spiro atoms. The third-order valence-corrected chi connectivity index (χ3v) is 7.17. The molecule has 0 radical (unpaired) electrons. The Balaban J connectivity index is 1.57. The van der Waals surface area contributed by atoms with E-state index in [0.29, 0.717) is 17.2 Å². The van der Waals surface area contributed by atoms with E-state index in [0.717, 1.165) is 43.3 Å². The number of nitrogens with one attached hydrogen (secondary N) is 1. The van der Waals surface area contributed by atoms with Gasteiger partial charge >= 0.3 is 0 Å². The molecule has 152 valence electrons. The molecule has 29 heavy (non-hydrogen) atoms. The first-order valence-electron chi connectivity index (χ1n) is 9.94. The normalized spacial score (nSPS) is 14.7. The van der Waals surface area contributed by atoms with Crippen molar-refractivity contribution < 1.29 is 13.2 Å². The number of benzene rings is 2. The molecule has 1 heterocycles. The highest BCUT2D eigenvalue weighted by molar-refractivity contribution is 7.90. The zero-order valence-corrected chi connectivity index (χ0v) is 17.4. The van der Waals surface area contributed by atoms with Crippen LogP contribution in [0.25, 0.3) is 10.9 Å². The Morgan fingerprint density at radius 1 is 1.07 bits per heavy atom. The van der Waals surface area contributed by atoms with E-state index in [1.807, 2.05) is 24.3 Å². The number of allylic oxidation sites excluding steroid dienone is 2. The van der Waals surface area contributed by atoms with E-state index in [-0.39, 0.29) is 4.90 Å². The van der Waals surface area contributed by atoms with Crippen LogP contribution in [0.2, 0.25) is 0 Å². The third kappa shape index (κ3) is 4.09. The van der Waals surface area contributed by atoms with Gasteiger partial charge in [0.1, 0.15) is 5.75 Å². The highest BCUT2D eigenvalue weighted by Crippen LogP contribution is 2.27. The first-order valence-corrected chi connectivity index (χ1v) is 11.4. The second kappa shape index (κ2) is 8.43. The lowest BCUT2D eigenvalue weighted by atomic mass is 10.1. The molecular formula is C23H26N2O3S. The van der Waals surface area contributed by atoms with E-state index in [1.54, 1.807) is 37.6 Å². The van der Waals surface area contributed by atoms with Crippen molar-refractivity contribution in [2.45, 2.75) is 24.2 Å². The van der Waals surface area contributed by atoms with Crippen LogP contribution in [0.15, 0.2) is 71.8 Å². The quantitative estimate of drug-likeness (QED) is 0.451. The SMILES string of the molecule is COc1ccc(S(=O)(=O)n2cc(CCNCC3CC=CC3)c3ccccc32)cc1. The molecule has 2 aromatic carbocycles. The highest BCUT2D eigenvalue weighted by atomic mass is 32.2. The van der Waals surface area contributed by atoms with E-state index in [4.69, 9.17) is 4.74 Å². The van der Waals surface area contributed by atoms with Crippen LogP contribution >= 0.6 is 0 Å². The van der Waals surface area contributed by atoms with Crippen LogP contribution in [0.4, 0.5) is 0 Å². The third-order valence-electron chi connectivity index (χ3n) is 5.49. The van der Waals surface area contributed by atoms with Gasteiger partial charge in [0, 0.05) is 11.6 Å². The molecule has 1 aliphatic carbocycles. The summed E-state index contributed by atoms with van der Waals surface area (Å²) in [5.74, 6) is 1.32. The van der Waals surface area contributed by atoms with Gasteiger partial charge in [-0.2, -0.15) is 0 Å². The van der Waals surface area contributed by atoms with Gasteiger partial charge in [-0.25, -0.2) is 12.4 Å². The first kappa shape index (κ1) is 19.7. The Bertz CT molecular complexity index is 1110. The summed E-state index contributed by atoms with van der Waals surface area (Å²) < 4.78 is 33.1. The topological polar surface area (TPSA) is 60.3 Å². The molecule has 1 aliphatic rings. The summed E-state index contributed by atoms with van der Waals surface area (Å²) in [6, 6.07) is 14.2. The van der Waals surface area contributed by atoms with Gasteiger partial charge in [-0.3, -0.25) is 0 Å². The van der Waals surface area contributed by atoms with Crippen molar-refractivity contribution in [1.82, 2.24) is 9.29 Å². The maximum Gasteiger partial charge on any atom is 0.268 e. The zero-order valence-electron chi connectivity index (χ0n) is 16.5. The molecule has 0 aliphatic heterocycles. The van der Waals surface area contributed by atoms with Crippen molar-refractivity contribution in [2.24, 2.45) is 5.92 Å². The van der Waals surface area contributed by atoms with Crippen molar-refractivity contribution >= 4 is 20.9 Å². The summed E-state index contributed by atoms with van der Waals surface area (Å²) >= 11 is 0. The highest BCUT2D eigenvalue weighted by Gasteiger charge is 2.21. The minimum atomic E-state index is -3.68. The molecule has 4 rings (SSSR count). The van der Waals surface area contributed by atoms with Gasteiger partial charge in [0.25, 0.3) is 10.0 Å². The van der Waals surface area contributed by atoms with Gasteiger partial charge < -0.3 is 10.1 Å². The average Bonchev–Trinajstić information content (AvgIpc) is 3.39. The number of methoxy groups -OCH3 is 1. The van der Waals surface area contributed by atoms with Crippen LogP contribution < -0.4 is 10.1 Å². The number of ether oxygens (including phenoxy) is 1. The Kier molecular flexibility index (Phi) is 5.74. The Morgan fingerprint density at radius 2 is 1.79 bits per heavy atom. The predicted molar refractivity (Wildman–Crippen MR) is 116 cm³/mol. The van der Waals surface area contributed by atoms with E-state index in [9.17, 15) is 8.42 Å². The number of hydrogen-bond donors (Lipinski definition) is 1. The number of aromatic nitrogens is 1. The van der Waals surface area contributed by atoms with Gasteiger partial charge in [0.2, 0.25) is 0 Å². The maximum atomic E-state index is 13.3. The van der Waals surface area contributed by atoms with E-state index in [1.165, 1.54) is 3.97 Å². The molecule has 0 saturated carbocycles. The van der Waals surface area contributed by atoms with Gasteiger partial charge in [-0.1, -0.05) is 30.4 Å². The molecule has 0 fully saturated rings. The van der Waals surface area contributed by atoms with Crippen molar-refractivity contribution in [3.63, 3.8) is 0 Å². The van der Waals surface area contributed by atoms with Gasteiger partial charge in [0.15, 0.2) is 0 Å². The summed E-state index contributed by atoms with van der Waals surface area (Å²) in [5, 5.41) is 4.50. The number of fused-ring (bicyclic) bond motifs is 1. The molecule has 3 aromatic rings. The molecule has 5 nitrogen and oxygen atoms in total. The molecule has 6 heteroatoms. The minimum Gasteiger partial charge on any atom is -0.497 e. The second-order valence-corrected chi connectivity index (χ2v) is 9.23. The fraction of sp³-hybridized carbons (Fsp3) is 0.304. The Morgan fingerprint density at radius 3 is 2.52 bits per heavy atom. The molecule has 0 atom stereocenters. The zero-order chi connectivity index (χ0) is 20.3. The number of hydrogen-bond acceptors (Lipinski definition) is 4. The summed E-state index contributed by atoms with van der Waals surface area (Å²) in [4.78, 5) is 0.248. The van der Waals surface area contributed by atoms with Crippen LogP contribution in [0.1, 0.15) is 18.4 Å². The summed E-state index contributed by atoms with van der Waals surface area (Å²) in [5.41, 5.74) is 1.74. The fourth-order valence-electron chi connectivity index (χ4n) is 3.85. The smallest absolute Gasteiger partial charge is 0.268 e. The molecule has 1 N–H and O–H groups in total. The number of para-hydroxylation sites is 1. The van der Waals surface area contributed by atoms with E-state index >= 15 is 0 Å². The number of rotatable bonds is 8. The standard InChI is InChI=1S/C23H26N2O3S/c1-28-20-10-12-21(13-11-20)29(26,27)25-17-19(22-8-4-5-9-23(22)25)14-15-24-16-18-6-2-3-7-18/h2-5,8-13,17-18,24H,6-7,14-16H2,1H3. The molecule has 0 unspecified atom stereocenters. The lowest BCUT2D eigenvalue weighted by Crippen LogP contribution is -2.23. The maximum absolute atomic E-state index is 13.3. The Hall–Kier alpha value is -2.57. The van der Waals surface area contributed by atoms with Crippen LogP contribution in [0.5, 0.6) is 5.75 Å². The van der Waals surface area contributed by atoms with Crippen molar-refractivity contribution in [2.75, 3.05) is 20.2 Å². The van der Waals surface area contributed by atoms with Crippen LogP contribution in [-0.2, 0) is 16.4 Å². The summed E-state index contributed by atoms with van der Waals surface area (Å²) in [7, 11) is -2.12. The second-order valence-electron chi connectivity index (χ2n) is 7.41. The summed E-state index contributed by atoms with van der Waals surface area (Å²) in [6.45, 7) is 1.82. The lowest BCUT2D eigenvalue weighted by Gasteiger charge is -2.10. The molecule has 0 bridgehead atoms. The van der Waals surface area contributed by atoms with Crippen LogP contribution in [0.3, 0.4) is 0 Å². The number of nitrogens with zero attached hydrogens (tertiary/aromatic N) is 1. The van der Waals surface area contributed by atoms with Crippen LogP contribution in [-0.4, -0.2) is 32.6 Å². The van der Waals surface area contributed by atoms with E-state index in [2.05, 4.69) is 17.5 Å². The van der Waals surface area contributed by atoms with Gasteiger partial charge in [-0.15, -0.1) is 0 Å². The average molecular weight is 411 g/mol. The molecule has 0 saturated heterocycles. The van der Waals surface area contributed by atoms with Gasteiger partial charge in [-0.05, 0) is 74.2 Å².